The largest absolute Gasteiger partial charge is 0.293 e. The predicted molar refractivity (Wildman–Crippen MR) is 77.9 cm³/mol. The molecule has 0 aliphatic rings. The summed E-state index contributed by atoms with van der Waals surface area (Å²) in [6, 6.07) is 16.6. The van der Waals surface area contributed by atoms with Gasteiger partial charge in [-0.3, -0.25) is 9.00 Å². The molecule has 0 amide bonds. The SMILES string of the molecule is CCc1ccc(C(=O)CS(=O)c2ccccc2)cc1. The van der Waals surface area contributed by atoms with Crippen LogP contribution in [0.2, 0.25) is 0 Å². The lowest BCUT2D eigenvalue weighted by atomic mass is 10.1. The van der Waals surface area contributed by atoms with Crippen molar-refractivity contribution in [3.05, 3.63) is 65.7 Å². The first-order valence-corrected chi connectivity index (χ1v) is 7.58. The van der Waals surface area contributed by atoms with Crippen LogP contribution in [-0.4, -0.2) is 15.7 Å². The summed E-state index contributed by atoms with van der Waals surface area (Å²) in [5.74, 6) is -0.0417. The van der Waals surface area contributed by atoms with E-state index >= 15 is 0 Å². The van der Waals surface area contributed by atoms with E-state index in [0.717, 1.165) is 6.42 Å². The molecule has 0 heterocycles. The predicted octanol–water partition coefficient (Wildman–Crippen LogP) is 3.24. The highest BCUT2D eigenvalue weighted by molar-refractivity contribution is 7.85. The second kappa shape index (κ2) is 6.43. The molecular formula is C16H16O2S. The van der Waals surface area contributed by atoms with Crippen molar-refractivity contribution in [1.29, 1.82) is 0 Å². The first-order chi connectivity index (χ1) is 9.20. The van der Waals surface area contributed by atoms with Crippen LogP contribution in [0.5, 0.6) is 0 Å². The van der Waals surface area contributed by atoms with Gasteiger partial charge in [0.1, 0.15) is 0 Å². The number of carbonyl (C=O) groups is 1. The topological polar surface area (TPSA) is 34.1 Å². The minimum Gasteiger partial charge on any atom is -0.293 e. The van der Waals surface area contributed by atoms with Crippen molar-refractivity contribution >= 4 is 16.6 Å². The van der Waals surface area contributed by atoms with Crippen LogP contribution in [0.15, 0.2) is 59.5 Å². The molecule has 0 spiro atoms. The number of Topliss-reactive ketones (excluding diaryl/α,β-unsaturated/α-hetero) is 1. The van der Waals surface area contributed by atoms with E-state index in [2.05, 4.69) is 6.92 Å². The Labute approximate surface area is 115 Å². The number of ketones is 1. The Morgan fingerprint density at radius 2 is 1.63 bits per heavy atom. The van der Waals surface area contributed by atoms with Crippen molar-refractivity contribution in [3.8, 4) is 0 Å². The summed E-state index contributed by atoms with van der Waals surface area (Å²) in [7, 11) is -1.27. The van der Waals surface area contributed by atoms with Gasteiger partial charge in [0.05, 0.1) is 16.6 Å². The number of aryl methyl sites for hydroxylation is 1. The molecule has 2 aromatic carbocycles. The van der Waals surface area contributed by atoms with Crippen LogP contribution in [0, 0.1) is 0 Å². The van der Waals surface area contributed by atoms with E-state index in [4.69, 9.17) is 0 Å². The number of hydrogen-bond acceptors (Lipinski definition) is 2. The summed E-state index contributed by atoms with van der Waals surface area (Å²) in [4.78, 5) is 12.7. The van der Waals surface area contributed by atoms with Crippen molar-refractivity contribution in [2.45, 2.75) is 18.2 Å². The molecule has 0 aromatic heterocycles. The van der Waals surface area contributed by atoms with Crippen molar-refractivity contribution in [3.63, 3.8) is 0 Å². The maximum Gasteiger partial charge on any atom is 0.175 e. The number of carbonyl (C=O) groups excluding carboxylic acids is 1. The highest BCUT2D eigenvalue weighted by atomic mass is 32.2. The van der Waals surface area contributed by atoms with E-state index in [1.807, 2.05) is 42.5 Å². The molecular weight excluding hydrogens is 256 g/mol. The molecule has 1 atom stereocenters. The minimum absolute atomic E-state index is 0.0372. The van der Waals surface area contributed by atoms with Crippen LogP contribution >= 0.6 is 0 Å². The molecule has 0 saturated heterocycles. The molecule has 0 fully saturated rings. The molecule has 0 N–H and O–H groups in total. The Balaban J connectivity index is 2.06. The summed E-state index contributed by atoms with van der Waals surface area (Å²) in [5, 5.41) is 0. The van der Waals surface area contributed by atoms with Crippen LogP contribution in [-0.2, 0) is 17.2 Å². The van der Waals surface area contributed by atoms with Crippen LogP contribution in [0.4, 0.5) is 0 Å². The Kier molecular flexibility index (Phi) is 4.63. The quantitative estimate of drug-likeness (QED) is 0.783. The van der Waals surface area contributed by atoms with Gasteiger partial charge in [-0.1, -0.05) is 49.4 Å². The fraction of sp³-hybridized carbons (Fsp3) is 0.188. The second-order valence-corrected chi connectivity index (χ2v) is 5.73. The van der Waals surface area contributed by atoms with Gasteiger partial charge >= 0.3 is 0 Å². The Bertz CT molecular complexity index is 573. The van der Waals surface area contributed by atoms with Gasteiger partial charge in [0.15, 0.2) is 5.78 Å². The fourth-order valence-corrected chi connectivity index (χ4v) is 2.82. The van der Waals surface area contributed by atoms with Crippen LogP contribution in [0.1, 0.15) is 22.8 Å². The molecule has 0 aliphatic heterocycles. The summed E-state index contributed by atoms with van der Waals surface area (Å²) in [6.07, 6.45) is 0.949. The van der Waals surface area contributed by atoms with Crippen LogP contribution < -0.4 is 0 Å². The highest BCUT2D eigenvalue weighted by Gasteiger charge is 2.11. The average Bonchev–Trinajstić information content (AvgIpc) is 2.48. The van der Waals surface area contributed by atoms with E-state index in [1.165, 1.54) is 5.56 Å². The smallest absolute Gasteiger partial charge is 0.175 e. The molecule has 2 rings (SSSR count). The Hall–Kier alpha value is -1.74. The van der Waals surface area contributed by atoms with Crippen LogP contribution in [0.25, 0.3) is 0 Å². The maximum absolute atomic E-state index is 12.0. The third kappa shape index (κ3) is 3.61. The van der Waals surface area contributed by atoms with E-state index in [1.54, 1.807) is 12.1 Å². The van der Waals surface area contributed by atoms with Gasteiger partial charge in [-0.25, -0.2) is 0 Å². The third-order valence-corrected chi connectivity index (χ3v) is 4.27. The molecule has 1 unspecified atom stereocenters. The van der Waals surface area contributed by atoms with Gasteiger partial charge in [0.25, 0.3) is 0 Å². The number of hydrogen-bond donors (Lipinski definition) is 0. The fourth-order valence-electron chi connectivity index (χ4n) is 1.78. The molecule has 98 valence electrons. The maximum atomic E-state index is 12.0. The minimum atomic E-state index is -1.27. The molecule has 0 radical (unpaired) electrons. The Morgan fingerprint density at radius 1 is 1.00 bits per heavy atom. The Morgan fingerprint density at radius 3 is 2.21 bits per heavy atom. The zero-order valence-electron chi connectivity index (χ0n) is 10.8. The molecule has 19 heavy (non-hydrogen) atoms. The van der Waals surface area contributed by atoms with Crippen molar-refractivity contribution in [2.24, 2.45) is 0 Å². The monoisotopic (exact) mass is 272 g/mol. The molecule has 0 aliphatic carbocycles. The normalized spacial score (nSPS) is 12.1. The standard InChI is InChI=1S/C16H16O2S/c1-2-13-8-10-14(11-9-13)16(17)12-19(18)15-6-4-3-5-7-15/h3-11H,2,12H2,1H3. The van der Waals surface area contributed by atoms with E-state index < -0.39 is 10.8 Å². The van der Waals surface area contributed by atoms with E-state index in [0.29, 0.717) is 10.5 Å². The zero-order chi connectivity index (χ0) is 13.7. The molecule has 3 heteroatoms. The van der Waals surface area contributed by atoms with Gasteiger partial charge in [0, 0.05) is 10.5 Å². The van der Waals surface area contributed by atoms with Crippen LogP contribution in [0.3, 0.4) is 0 Å². The van der Waals surface area contributed by atoms with Crippen molar-refractivity contribution in [1.82, 2.24) is 0 Å². The molecule has 0 saturated carbocycles. The van der Waals surface area contributed by atoms with Crippen molar-refractivity contribution in [2.75, 3.05) is 5.75 Å². The first kappa shape index (κ1) is 13.7. The lowest BCUT2D eigenvalue weighted by Crippen LogP contribution is -2.11. The average molecular weight is 272 g/mol. The summed E-state index contributed by atoms with van der Waals surface area (Å²) >= 11 is 0. The molecule has 2 aromatic rings. The number of rotatable bonds is 5. The molecule has 2 nitrogen and oxygen atoms in total. The van der Waals surface area contributed by atoms with Gasteiger partial charge in [0.2, 0.25) is 0 Å². The van der Waals surface area contributed by atoms with Gasteiger partial charge in [-0.05, 0) is 24.1 Å². The van der Waals surface area contributed by atoms with Crippen molar-refractivity contribution < 1.29 is 9.00 Å². The third-order valence-electron chi connectivity index (χ3n) is 2.95. The molecule has 0 bridgehead atoms. The summed E-state index contributed by atoms with van der Waals surface area (Å²) in [5.41, 5.74) is 1.82. The first-order valence-electron chi connectivity index (χ1n) is 6.26. The summed E-state index contributed by atoms with van der Waals surface area (Å²) < 4.78 is 12.0. The van der Waals surface area contributed by atoms with E-state index in [-0.39, 0.29) is 11.5 Å². The summed E-state index contributed by atoms with van der Waals surface area (Å²) in [6.45, 7) is 2.07. The zero-order valence-corrected chi connectivity index (χ0v) is 11.7. The van der Waals surface area contributed by atoms with Gasteiger partial charge in [-0.15, -0.1) is 0 Å². The highest BCUT2D eigenvalue weighted by Crippen LogP contribution is 2.10. The lowest BCUT2D eigenvalue weighted by Gasteiger charge is -2.03. The van der Waals surface area contributed by atoms with Gasteiger partial charge < -0.3 is 0 Å². The number of benzene rings is 2. The van der Waals surface area contributed by atoms with Gasteiger partial charge in [-0.2, -0.15) is 0 Å². The van der Waals surface area contributed by atoms with E-state index in [9.17, 15) is 9.00 Å². The lowest BCUT2D eigenvalue weighted by molar-refractivity contribution is 0.102. The second-order valence-electron chi connectivity index (χ2n) is 4.28.